The quantitative estimate of drug-likeness (QED) is 0.758. The topological polar surface area (TPSA) is 68.8 Å². The monoisotopic (exact) mass is 276 g/mol. The second kappa shape index (κ2) is 6.69. The van der Waals surface area contributed by atoms with Crippen molar-refractivity contribution in [1.29, 1.82) is 0 Å². The molecule has 0 unspecified atom stereocenters. The van der Waals surface area contributed by atoms with E-state index >= 15 is 0 Å². The van der Waals surface area contributed by atoms with Crippen LogP contribution in [0.2, 0.25) is 10.0 Å². The number of halogens is 2. The van der Waals surface area contributed by atoms with Crippen molar-refractivity contribution < 1.29 is 15.2 Å². The van der Waals surface area contributed by atoms with Gasteiger partial charge in [-0.2, -0.15) is 0 Å². The van der Waals surface area contributed by atoms with Crippen LogP contribution in [0.3, 0.4) is 0 Å². The smallest absolute Gasteiger partial charge is 0.217 e. The first-order valence-electron chi connectivity index (χ1n) is 5.21. The predicted molar refractivity (Wildman–Crippen MR) is 65.1 cm³/mol. The zero-order valence-electron chi connectivity index (χ0n) is 9.43. The van der Waals surface area contributed by atoms with Crippen molar-refractivity contribution in [2.75, 3.05) is 13.1 Å². The summed E-state index contributed by atoms with van der Waals surface area (Å²) in [5.74, 6) is -0.249. The molecule has 0 bridgehead atoms. The molecule has 0 heterocycles. The molecule has 0 aliphatic rings. The number of benzene rings is 1. The molecule has 0 aromatic heterocycles. The number of hydrogen-bond acceptors (Lipinski definition) is 2. The normalized spacial score (nSPS) is 10.3. The molecule has 17 heavy (non-hydrogen) atoms. The van der Waals surface area contributed by atoms with Gasteiger partial charge in [0.25, 0.3) is 0 Å². The number of carbonyl (C=O) groups is 1. The minimum atomic E-state index is -0.188. The molecular formula is C11H14Cl2N2O2. The summed E-state index contributed by atoms with van der Waals surface area (Å²) in [6.45, 7) is 3.23. The van der Waals surface area contributed by atoms with Crippen molar-refractivity contribution in [3.8, 4) is 5.75 Å². The van der Waals surface area contributed by atoms with Crippen LogP contribution >= 0.6 is 23.2 Å². The molecule has 3 N–H and O–H groups in total. The molecule has 4 nitrogen and oxygen atoms in total. The molecule has 0 aliphatic carbocycles. The Kier molecular flexibility index (Phi) is 5.55. The van der Waals surface area contributed by atoms with Gasteiger partial charge in [0.05, 0.1) is 13.1 Å². The van der Waals surface area contributed by atoms with Crippen LogP contribution < -0.4 is 15.7 Å². The maximum absolute atomic E-state index is 11.6. The maximum Gasteiger partial charge on any atom is 0.217 e. The summed E-state index contributed by atoms with van der Waals surface area (Å²) in [5.41, 5.74) is 0.574. The molecule has 1 aromatic carbocycles. The fourth-order valence-corrected chi connectivity index (χ4v) is 1.91. The van der Waals surface area contributed by atoms with E-state index in [1.54, 1.807) is 6.07 Å². The van der Waals surface area contributed by atoms with Crippen LogP contribution in [0, 0.1) is 0 Å². The zero-order valence-corrected chi connectivity index (χ0v) is 10.9. The number of nitrogens with one attached hydrogen (secondary N) is 1. The van der Waals surface area contributed by atoms with Gasteiger partial charge in [-0.15, -0.1) is 0 Å². The molecule has 1 amide bonds. The van der Waals surface area contributed by atoms with E-state index < -0.39 is 0 Å². The molecule has 0 saturated heterocycles. The first-order valence-corrected chi connectivity index (χ1v) is 5.97. The van der Waals surface area contributed by atoms with Crippen LogP contribution in [0.4, 0.5) is 0 Å². The Balaban J connectivity index is 2.44. The molecule has 0 aliphatic heterocycles. The summed E-state index contributed by atoms with van der Waals surface area (Å²) in [4.78, 5) is 10.6. The number of nitrogens with two attached hydrogens (primary N) is 1. The average Bonchev–Trinajstić information content (AvgIpc) is 2.23. The number of rotatable bonds is 5. The van der Waals surface area contributed by atoms with Crippen molar-refractivity contribution in [2.24, 2.45) is 0 Å². The summed E-state index contributed by atoms with van der Waals surface area (Å²) < 4.78 is 0. The largest absolute Gasteiger partial charge is 0.871 e. The van der Waals surface area contributed by atoms with E-state index in [4.69, 9.17) is 23.2 Å². The van der Waals surface area contributed by atoms with Gasteiger partial charge < -0.3 is 15.7 Å². The van der Waals surface area contributed by atoms with Gasteiger partial charge in [-0.3, -0.25) is 4.79 Å². The lowest BCUT2D eigenvalue weighted by atomic mass is 10.2. The fraction of sp³-hybridized carbons (Fsp3) is 0.364. The van der Waals surface area contributed by atoms with Crippen molar-refractivity contribution >= 4 is 29.1 Å². The van der Waals surface area contributed by atoms with Crippen LogP contribution in [0.25, 0.3) is 0 Å². The molecule has 1 rings (SSSR count). The third kappa shape index (κ3) is 4.81. The number of quaternary nitrogens is 1. The van der Waals surface area contributed by atoms with Gasteiger partial charge in [-0.1, -0.05) is 29.0 Å². The van der Waals surface area contributed by atoms with E-state index in [0.717, 1.165) is 0 Å². The van der Waals surface area contributed by atoms with Gasteiger partial charge in [-0.05, 0) is 12.1 Å². The Labute approximate surface area is 110 Å². The summed E-state index contributed by atoms with van der Waals surface area (Å²) >= 11 is 11.5. The lowest BCUT2D eigenvalue weighted by Crippen LogP contribution is -2.84. The van der Waals surface area contributed by atoms with E-state index in [9.17, 15) is 9.90 Å². The molecule has 0 spiro atoms. The average molecular weight is 277 g/mol. The van der Waals surface area contributed by atoms with Crippen LogP contribution in [-0.4, -0.2) is 19.0 Å². The van der Waals surface area contributed by atoms with Gasteiger partial charge in [0.1, 0.15) is 6.54 Å². The number of amides is 1. The van der Waals surface area contributed by atoms with E-state index in [0.29, 0.717) is 30.2 Å². The second-order valence-corrected chi connectivity index (χ2v) is 4.48. The van der Waals surface area contributed by atoms with Gasteiger partial charge in [0.2, 0.25) is 5.91 Å². The standard InChI is InChI=1S/C11H14Cl2N2O2/c1-7(16)15-3-2-14-6-8-4-9(12)5-10(13)11(8)17/h4-5,14,17H,2-3,6H2,1H3,(H,15,16). The molecular weight excluding hydrogens is 263 g/mol. The lowest BCUT2D eigenvalue weighted by Gasteiger charge is -2.14. The van der Waals surface area contributed by atoms with Crippen molar-refractivity contribution in [1.82, 2.24) is 5.32 Å². The van der Waals surface area contributed by atoms with E-state index in [-0.39, 0.29) is 16.7 Å². The Morgan fingerprint density at radius 1 is 1.47 bits per heavy atom. The Bertz CT molecular complexity index is 411. The number of hydrogen-bond donors (Lipinski definition) is 2. The predicted octanol–water partition coefficient (Wildman–Crippen LogP) is 0.267. The second-order valence-electron chi connectivity index (χ2n) is 3.64. The van der Waals surface area contributed by atoms with Crippen molar-refractivity contribution in [3.05, 3.63) is 27.7 Å². The molecule has 0 atom stereocenters. The van der Waals surface area contributed by atoms with Gasteiger partial charge in [0.15, 0.2) is 0 Å². The Hall–Kier alpha value is -0.970. The minimum absolute atomic E-state index is 0.0614. The maximum atomic E-state index is 11.6. The highest BCUT2D eigenvalue weighted by Gasteiger charge is 2.03. The third-order valence-electron chi connectivity index (χ3n) is 2.17. The number of carbonyl (C=O) groups excluding carboxylic acids is 1. The van der Waals surface area contributed by atoms with Crippen LogP contribution in [0.5, 0.6) is 5.75 Å². The van der Waals surface area contributed by atoms with Crippen molar-refractivity contribution in [2.45, 2.75) is 13.5 Å². The highest BCUT2D eigenvalue weighted by molar-refractivity contribution is 6.35. The van der Waals surface area contributed by atoms with E-state index in [1.165, 1.54) is 13.0 Å². The molecule has 0 radical (unpaired) electrons. The van der Waals surface area contributed by atoms with Crippen LogP contribution in [0.1, 0.15) is 12.5 Å². The fourth-order valence-electron chi connectivity index (χ4n) is 1.37. The highest BCUT2D eigenvalue weighted by atomic mass is 35.5. The zero-order chi connectivity index (χ0) is 12.8. The summed E-state index contributed by atoms with van der Waals surface area (Å²) in [6.07, 6.45) is 0. The van der Waals surface area contributed by atoms with Gasteiger partial charge in [0, 0.05) is 22.5 Å². The molecule has 94 valence electrons. The minimum Gasteiger partial charge on any atom is -0.871 e. The lowest BCUT2D eigenvalue weighted by molar-refractivity contribution is -0.669. The third-order valence-corrected chi connectivity index (χ3v) is 2.67. The molecule has 6 heteroatoms. The SMILES string of the molecule is CC(=O)NCC[NH2+]Cc1cc(Cl)cc(Cl)c1[O-]. The Morgan fingerprint density at radius 2 is 2.18 bits per heavy atom. The summed E-state index contributed by atoms with van der Waals surface area (Å²) in [6, 6.07) is 3.05. The Morgan fingerprint density at radius 3 is 2.82 bits per heavy atom. The van der Waals surface area contributed by atoms with Crippen molar-refractivity contribution in [3.63, 3.8) is 0 Å². The van der Waals surface area contributed by atoms with E-state index in [1.807, 2.05) is 5.32 Å². The van der Waals surface area contributed by atoms with Gasteiger partial charge in [-0.25, -0.2) is 0 Å². The van der Waals surface area contributed by atoms with Crippen LogP contribution in [-0.2, 0) is 11.3 Å². The molecule has 1 aromatic rings. The summed E-state index contributed by atoms with van der Waals surface area (Å²) in [7, 11) is 0. The first kappa shape index (κ1) is 14.1. The first-order chi connectivity index (χ1) is 8.00. The van der Waals surface area contributed by atoms with E-state index in [2.05, 4.69) is 5.32 Å². The van der Waals surface area contributed by atoms with Crippen LogP contribution in [0.15, 0.2) is 12.1 Å². The van der Waals surface area contributed by atoms with Gasteiger partial charge >= 0.3 is 0 Å². The summed E-state index contributed by atoms with van der Waals surface area (Å²) in [5, 5.41) is 16.8. The molecule has 0 saturated carbocycles. The molecule has 0 fully saturated rings. The highest BCUT2D eigenvalue weighted by Crippen LogP contribution is 2.28.